The highest BCUT2D eigenvalue weighted by Gasteiger charge is 2.47. The van der Waals surface area contributed by atoms with Crippen LogP contribution in [0.15, 0.2) is 24.3 Å². The summed E-state index contributed by atoms with van der Waals surface area (Å²) in [6.07, 6.45) is 17.3. The van der Waals surface area contributed by atoms with Crippen molar-refractivity contribution in [1.82, 2.24) is 25.5 Å². The number of hydrogen-bond acceptors (Lipinski definition) is 8. The maximum atomic E-state index is 16.8. The molecule has 3 aromatic rings. The van der Waals surface area contributed by atoms with E-state index in [0.29, 0.717) is 30.9 Å². The van der Waals surface area contributed by atoms with Gasteiger partial charge in [-0.1, -0.05) is 5.92 Å². The molecule has 264 valence electrons. The van der Waals surface area contributed by atoms with Crippen LogP contribution in [0.4, 0.5) is 19.0 Å². The quantitative estimate of drug-likeness (QED) is 0.238. The number of piperidine rings is 2. The van der Waals surface area contributed by atoms with Gasteiger partial charge >= 0.3 is 6.01 Å². The molecule has 2 atom stereocenters. The van der Waals surface area contributed by atoms with Crippen LogP contribution in [0.25, 0.3) is 28.1 Å². The molecule has 8 rings (SSSR count). The molecule has 5 heterocycles. The predicted octanol–water partition coefficient (Wildman–Crippen LogP) is 5.96. The zero-order chi connectivity index (χ0) is 34.5. The van der Waals surface area contributed by atoms with E-state index in [1.54, 1.807) is 0 Å². The Morgan fingerprint density at radius 3 is 2.44 bits per heavy atom. The summed E-state index contributed by atoms with van der Waals surface area (Å²) in [4.78, 5) is 14.0. The largest absolute Gasteiger partial charge is 0.508 e. The van der Waals surface area contributed by atoms with Crippen molar-refractivity contribution in [2.24, 2.45) is 10.8 Å². The van der Waals surface area contributed by atoms with Crippen LogP contribution in [-0.4, -0.2) is 84.5 Å². The molecule has 4 saturated heterocycles. The molecule has 2 bridgehead atoms. The Morgan fingerprint density at radius 1 is 1.02 bits per heavy atom. The molecule has 2 unspecified atom stereocenters. The number of benzene rings is 2. The van der Waals surface area contributed by atoms with E-state index in [1.165, 1.54) is 56.0 Å². The maximum Gasteiger partial charge on any atom is 0.319 e. The fourth-order valence-electron chi connectivity index (χ4n) is 8.88. The second-order valence-corrected chi connectivity index (χ2v) is 15.3. The second-order valence-electron chi connectivity index (χ2n) is 15.3. The normalized spacial score (nSPS) is 24.2. The van der Waals surface area contributed by atoms with Crippen LogP contribution < -0.4 is 20.3 Å². The third kappa shape index (κ3) is 6.42. The summed E-state index contributed by atoms with van der Waals surface area (Å²) in [5, 5.41) is 17.8. The zero-order valence-corrected chi connectivity index (χ0v) is 28.4. The molecular weight excluding hydrogens is 641 g/mol. The summed E-state index contributed by atoms with van der Waals surface area (Å²) in [5.41, 5.74) is 0.0513. The van der Waals surface area contributed by atoms with Crippen molar-refractivity contribution < 1.29 is 23.0 Å². The number of phenolic OH excluding ortho intramolecular Hbond substituents is 1. The van der Waals surface area contributed by atoms with E-state index >= 15 is 8.78 Å². The minimum Gasteiger partial charge on any atom is -0.508 e. The molecule has 1 aromatic heterocycles. The molecule has 1 saturated carbocycles. The van der Waals surface area contributed by atoms with Gasteiger partial charge in [-0.2, -0.15) is 9.97 Å². The van der Waals surface area contributed by atoms with Crippen molar-refractivity contribution in [2.45, 2.75) is 70.1 Å². The molecule has 3 N–H and O–H groups in total. The Bertz CT molecular complexity index is 1830. The summed E-state index contributed by atoms with van der Waals surface area (Å²) < 4.78 is 53.8. The number of nitrogens with one attached hydrogen (secondary N) is 2. The number of hydrogen-bond donors (Lipinski definition) is 3. The first-order valence-electron chi connectivity index (χ1n) is 18.1. The van der Waals surface area contributed by atoms with E-state index in [-0.39, 0.29) is 56.9 Å². The molecule has 1 aliphatic carbocycles. The van der Waals surface area contributed by atoms with Gasteiger partial charge in [0.1, 0.15) is 29.6 Å². The lowest BCUT2D eigenvalue weighted by Gasteiger charge is -2.45. The molecule has 2 aromatic carbocycles. The van der Waals surface area contributed by atoms with Crippen molar-refractivity contribution in [3.05, 3.63) is 47.0 Å². The summed E-state index contributed by atoms with van der Waals surface area (Å²) in [6, 6.07) is 4.29. The summed E-state index contributed by atoms with van der Waals surface area (Å²) in [5.74, 6) is 0.632. The fraction of sp³-hybridized carbons (Fsp3) is 0.538. The van der Waals surface area contributed by atoms with E-state index in [9.17, 15) is 9.50 Å². The van der Waals surface area contributed by atoms with Gasteiger partial charge in [-0.15, -0.1) is 6.42 Å². The fourth-order valence-corrected chi connectivity index (χ4v) is 8.88. The Balaban J connectivity index is 1.12. The first kappa shape index (κ1) is 33.3. The van der Waals surface area contributed by atoms with Crippen LogP contribution in [0.5, 0.6) is 11.8 Å². The molecular formula is C39H45F3N6O2. The first-order valence-corrected chi connectivity index (χ1v) is 18.1. The number of terminal acetylenes is 1. The average Bonchev–Trinajstić information content (AvgIpc) is 3.80. The SMILES string of the molecule is C#C/C=C\c1cc(O)cc(-c2c(F)cc3c(N4CC5CCC(C4)N5)nc(OCC4(CN5CCC6(CCNCC6)CC5)CC4)nc3c2F)c1CF. The van der Waals surface area contributed by atoms with Crippen molar-refractivity contribution >= 4 is 22.8 Å². The smallest absolute Gasteiger partial charge is 0.319 e. The number of likely N-dealkylation sites (tertiary alicyclic amines) is 1. The third-order valence-electron chi connectivity index (χ3n) is 12.0. The van der Waals surface area contributed by atoms with Gasteiger partial charge in [0.25, 0.3) is 0 Å². The van der Waals surface area contributed by atoms with Crippen LogP contribution in [-0.2, 0) is 6.67 Å². The third-order valence-corrected chi connectivity index (χ3v) is 12.0. The maximum absolute atomic E-state index is 16.8. The number of alkyl halides is 1. The van der Waals surface area contributed by atoms with E-state index in [0.717, 1.165) is 58.4 Å². The minimum absolute atomic E-state index is 0.00233. The number of aromatic nitrogens is 2. The Morgan fingerprint density at radius 2 is 1.76 bits per heavy atom. The lowest BCUT2D eigenvalue weighted by Crippen LogP contribution is -2.51. The van der Waals surface area contributed by atoms with Gasteiger partial charge in [-0.05, 0) is 130 Å². The summed E-state index contributed by atoms with van der Waals surface area (Å²) in [6.45, 7) is 6.05. The van der Waals surface area contributed by atoms with Gasteiger partial charge < -0.3 is 30.3 Å². The number of piperazine rings is 1. The van der Waals surface area contributed by atoms with Gasteiger partial charge in [-0.3, -0.25) is 0 Å². The number of rotatable bonds is 9. The number of allylic oxidation sites excluding steroid dienone is 1. The van der Waals surface area contributed by atoms with Crippen LogP contribution in [0, 0.1) is 34.8 Å². The molecule has 1 spiro atoms. The lowest BCUT2D eigenvalue weighted by molar-refractivity contribution is 0.0547. The Labute approximate surface area is 291 Å². The molecule has 50 heavy (non-hydrogen) atoms. The number of fused-ring (bicyclic) bond motifs is 3. The van der Waals surface area contributed by atoms with E-state index in [4.69, 9.17) is 16.1 Å². The number of phenols is 1. The van der Waals surface area contributed by atoms with Crippen LogP contribution in [0.1, 0.15) is 62.5 Å². The van der Waals surface area contributed by atoms with E-state index in [2.05, 4.69) is 31.3 Å². The summed E-state index contributed by atoms with van der Waals surface area (Å²) >= 11 is 0. The molecule has 11 heteroatoms. The first-order chi connectivity index (χ1) is 24.3. The minimum atomic E-state index is -1.03. The standard InChI is InChI=1S/C39H45F3N6O2/c1-2-3-4-25-17-28(49)18-29(31(25)20-40)33-32(41)19-30-35(34(33)42)45-37(46-36(30)48-21-26-5-6-27(22-48)44-26)50-24-39(7-8-39)23-47-15-11-38(12-16-47)9-13-43-14-10-38/h1,3-4,17-19,26-27,43-44,49H,5-16,20-24H2/b4-3-. The number of anilines is 1. The Kier molecular flexibility index (Phi) is 8.90. The number of aromatic hydroxyl groups is 1. The zero-order valence-electron chi connectivity index (χ0n) is 28.4. The molecule has 5 aliphatic rings. The van der Waals surface area contributed by atoms with Gasteiger partial charge in [0, 0.05) is 42.5 Å². The van der Waals surface area contributed by atoms with Crippen molar-refractivity contribution in [1.29, 1.82) is 0 Å². The van der Waals surface area contributed by atoms with Gasteiger partial charge in [0.15, 0.2) is 5.82 Å². The monoisotopic (exact) mass is 686 g/mol. The predicted molar refractivity (Wildman–Crippen MR) is 189 cm³/mol. The van der Waals surface area contributed by atoms with E-state index < -0.39 is 23.9 Å². The average molecular weight is 687 g/mol. The molecule has 8 nitrogen and oxygen atoms in total. The van der Waals surface area contributed by atoms with Crippen molar-refractivity contribution in [2.75, 3.05) is 57.3 Å². The highest BCUT2D eigenvalue weighted by atomic mass is 19.1. The molecule has 0 radical (unpaired) electrons. The highest BCUT2D eigenvalue weighted by molar-refractivity contribution is 5.94. The molecule has 5 fully saturated rings. The van der Waals surface area contributed by atoms with Crippen LogP contribution in [0.2, 0.25) is 0 Å². The Hall–Kier alpha value is -3.85. The van der Waals surface area contributed by atoms with Gasteiger partial charge in [-0.25, -0.2) is 13.2 Å². The second kappa shape index (κ2) is 13.4. The number of nitrogens with zero attached hydrogens (tertiary/aromatic N) is 4. The molecule has 0 amide bonds. The van der Waals surface area contributed by atoms with Gasteiger partial charge in [0.2, 0.25) is 0 Å². The van der Waals surface area contributed by atoms with Crippen molar-refractivity contribution in [3.8, 4) is 35.2 Å². The van der Waals surface area contributed by atoms with Crippen LogP contribution in [0.3, 0.4) is 0 Å². The summed E-state index contributed by atoms with van der Waals surface area (Å²) in [7, 11) is 0. The topological polar surface area (TPSA) is 85.8 Å². The van der Waals surface area contributed by atoms with Crippen molar-refractivity contribution in [3.63, 3.8) is 0 Å². The van der Waals surface area contributed by atoms with E-state index in [1.807, 2.05) is 0 Å². The number of halogens is 3. The van der Waals surface area contributed by atoms with Gasteiger partial charge in [0.05, 0.1) is 12.2 Å². The highest BCUT2D eigenvalue weighted by Crippen LogP contribution is 2.48. The lowest BCUT2D eigenvalue weighted by atomic mass is 9.71. The molecule has 4 aliphatic heterocycles. The van der Waals surface area contributed by atoms with Crippen LogP contribution >= 0.6 is 0 Å². The number of ether oxygens (including phenoxy) is 1.